The molecule has 0 fully saturated rings. The van der Waals surface area contributed by atoms with Crippen LogP contribution in [0.1, 0.15) is 55.9 Å². The van der Waals surface area contributed by atoms with Crippen molar-refractivity contribution in [1.29, 1.82) is 0 Å². The van der Waals surface area contributed by atoms with Crippen molar-refractivity contribution in [2.24, 2.45) is 5.92 Å². The second-order valence-corrected chi connectivity index (χ2v) is 15.3. The molecule has 0 aliphatic rings. The number of sulfonamides is 1. The molecule has 0 aliphatic heterocycles. The predicted octanol–water partition coefficient (Wildman–Crippen LogP) is 8.03. The zero-order valence-electron chi connectivity index (χ0n) is 28.0. The van der Waals surface area contributed by atoms with E-state index in [0.717, 1.165) is 21.0 Å². The first-order chi connectivity index (χ1) is 22.8. The van der Waals surface area contributed by atoms with E-state index in [4.69, 9.17) is 23.2 Å². The number of halogens is 2. The van der Waals surface area contributed by atoms with Crippen LogP contribution < -0.4 is 9.62 Å². The number of anilines is 1. The lowest BCUT2D eigenvalue weighted by Gasteiger charge is -2.34. The number of hydrogen-bond donors (Lipinski definition) is 1. The molecule has 48 heavy (non-hydrogen) atoms. The molecule has 7 nitrogen and oxygen atoms in total. The van der Waals surface area contributed by atoms with E-state index in [9.17, 15) is 18.0 Å². The molecule has 4 aromatic carbocycles. The van der Waals surface area contributed by atoms with E-state index < -0.39 is 28.5 Å². The first kappa shape index (κ1) is 37.0. The second kappa shape index (κ2) is 16.5. The summed E-state index contributed by atoms with van der Waals surface area (Å²) < 4.78 is 29.7. The van der Waals surface area contributed by atoms with Crippen molar-refractivity contribution < 1.29 is 18.0 Å². The maximum absolute atomic E-state index is 14.7. The Bertz CT molecular complexity index is 1780. The molecule has 1 N–H and O–H groups in total. The van der Waals surface area contributed by atoms with Gasteiger partial charge >= 0.3 is 0 Å². The first-order valence-corrected chi connectivity index (χ1v) is 18.2. The van der Waals surface area contributed by atoms with Crippen LogP contribution in [-0.4, -0.2) is 44.3 Å². The smallest absolute Gasteiger partial charge is 0.264 e. The van der Waals surface area contributed by atoms with Crippen LogP contribution in [0, 0.1) is 12.8 Å². The van der Waals surface area contributed by atoms with Gasteiger partial charge in [-0.3, -0.25) is 13.9 Å². The van der Waals surface area contributed by atoms with Gasteiger partial charge in [-0.2, -0.15) is 0 Å². The van der Waals surface area contributed by atoms with Gasteiger partial charge in [0.05, 0.1) is 10.6 Å². The molecule has 0 bridgehead atoms. The minimum Gasteiger partial charge on any atom is -0.354 e. The normalized spacial score (nSPS) is 12.2. The van der Waals surface area contributed by atoms with Crippen LogP contribution in [0.2, 0.25) is 10.0 Å². The number of amides is 2. The lowest BCUT2D eigenvalue weighted by Crippen LogP contribution is -2.53. The van der Waals surface area contributed by atoms with E-state index in [1.807, 2.05) is 77.1 Å². The number of hydrogen-bond acceptors (Lipinski definition) is 4. The molecule has 1 unspecified atom stereocenters. The largest absolute Gasteiger partial charge is 0.354 e. The molecule has 0 saturated carbocycles. The highest BCUT2D eigenvalue weighted by atomic mass is 35.5. The lowest BCUT2D eigenvalue weighted by atomic mass is 10.0. The predicted molar refractivity (Wildman–Crippen MR) is 195 cm³/mol. The molecule has 0 aromatic heterocycles. The van der Waals surface area contributed by atoms with E-state index >= 15 is 0 Å². The van der Waals surface area contributed by atoms with Gasteiger partial charge in [-0.05, 0) is 66.3 Å². The molecular weight excluding hydrogens is 665 g/mol. The van der Waals surface area contributed by atoms with Gasteiger partial charge < -0.3 is 10.2 Å². The summed E-state index contributed by atoms with van der Waals surface area (Å²) in [4.78, 5) is 30.1. The maximum atomic E-state index is 14.7. The summed E-state index contributed by atoms with van der Waals surface area (Å²) in [5.41, 5.74) is 3.54. The van der Waals surface area contributed by atoms with Crippen LogP contribution in [0.15, 0.2) is 102 Å². The third-order valence-electron chi connectivity index (χ3n) is 8.08. The van der Waals surface area contributed by atoms with Crippen LogP contribution in [0.25, 0.3) is 0 Å². The van der Waals surface area contributed by atoms with Crippen LogP contribution >= 0.6 is 23.2 Å². The Hall–Kier alpha value is -3.85. The number of rotatable bonds is 14. The fraction of sp³-hybridized carbons (Fsp3) is 0.316. The zero-order valence-corrected chi connectivity index (χ0v) is 30.3. The van der Waals surface area contributed by atoms with Crippen molar-refractivity contribution in [1.82, 2.24) is 10.2 Å². The van der Waals surface area contributed by atoms with E-state index in [1.165, 1.54) is 17.0 Å². The fourth-order valence-electron chi connectivity index (χ4n) is 5.22. The SMILES string of the molecule is Cc1ccc(S(=O)(=O)N(CC(=O)N(Cc2c(Cl)cccc2Cl)C(Cc2ccccc2)C(=O)NCC(C)C)c2ccc(C(C)C)cc2)cc1. The van der Waals surface area contributed by atoms with E-state index in [-0.39, 0.29) is 35.6 Å². The highest BCUT2D eigenvalue weighted by molar-refractivity contribution is 7.92. The Kier molecular flexibility index (Phi) is 12.7. The molecule has 0 radical (unpaired) electrons. The third kappa shape index (κ3) is 9.40. The van der Waals surface area contributed by atoms with Gasteiger partial charge in [-0.1, -0.05) is 117 Å². The summed E-state index contributed by atoms with van der Waals surface area (Å²) in [6, 6.07) is 27.1. The Morgan fingerprint density at radius 1 is 0.792 bits per heavy atom. The maximum Gasteiger partial charge on any atom is 0.264 e. The number of benzene rings is 4. The average molecular weight is 709 g/mol. The van der Waals surface area contributed by atoms with Crippen molar-refractivity contribution in [2.45, 2.75) is 64.4 Å². The molecule has 4 aromatic rings. The first-order valence-electron chi connectivity index (χ1n) is 16.0. The topological polar surface area (TPSA) is 86.8 Å². The summed E-state index contributed by atoms with van der Waals surface area (Å²) >= 11 is 13.2. The molecule has 254 valence electrons. The van der Waals surface area contributed by atoms with Gasteiger partial charge in [0.1, 0.15) is 12.6 Å². The Morgan fingerprint density at radius 3 is 1.96 bits per heavy atom. The molecule has 0 spiro atoms. The van der Waals surface area contributed by atoms with Gasteiger partial charge in [0.25, 0.3) is 10.0 Å². The average Bonchev–Trinajstić information content (AvgIpc) is 3.05. The Morgan fingerprint density at radius 2 is 1.40 bits per heavy atom. The summed E-state index contributed by atoms with van der Waals surface area (Å²) in [6.45, 7) is 9.65. The number of carbonyl (C=O) groups is 2. The molecule has 2 amide bonds. The third-order valence-corrected chi connectivity index (χ3v) is 10.6. The van der Waals surface area contributed by atoms with Gasteiger partial charge in [0.2, 0.25) is 11.8 Å². The molecule has 0 heterocycles. The highest BCUT2D eigenvalue weighted by Gasteiger charge is 2.35. The van der Waals surface area contributed by atoms with Gasteiger partial charge in [0, 0.05) is 35.1 Å². The van der Waals surface area contributed by atoms with Gasteiger partial charge in [-0.15, -0.1) is 0 Å². The summed E-state index contributed by atoms with van der Waals surface area (Å²) in [6.07, 6.45) is 0.187. The summed E-state index contributed by atoms with van der Waals surface area (Å²) in [7, 11) is -4.21. The molecular formula is C38H43Cl2N3O4S. The highest BCUT2D eigenvalue weighted by Crippen LogP contribution is 2.30. The number of aryl methyl sites for hydroxylation is 1. The second-order valence-electron chi connectivity index (χ2n) is 12.6. The number of nitrogens with one attached hydrogen (secondary N) is 1. The van der Waals surface area contributed by atoms with Crippen molar-refractivity contribution in [3.05, 3.63) is 129 Å². The van der Waals surface area contributed by atoms with E-state index in [0.29, 0.717) is 27.8 Å². The van der Waals surface area contributed by atoms with E-state index in [2.05, 4.69) is 5.32 Å². The van der Waals surface area contributed by atoms with Gasteiger partial charge in [-0.25, -0.2) is 8.42 Å². The van der Waals surface area contributed by atoms with Crippen LogP contribution in [0.3, 0.4) is 0 Å². The van der Waals surface area contributed by atoms with Crippen molar-refractivity contribution >= 4 is 50.7 Å². The molecule has 4 rings (SSSR count). The van der Waals surface area contributed by atoms with Gasteiger partial charge in [0.15, 0.2) is 0 Å². The monoisotopic (exact) mass is 707 g/mol. The van der Waals surface area contributed by atoms with Crippen molar-refractivity contribution in [2.75, 3.05) is 17.4 Å². The van der Waals surface area contributed by atoms with Crippen molar-refractivity contribution in [3.63, 3.8) is 0 Å². The standard InChI is InChI=1S/C38H43Cl2N3O4S/c1-26(2)23-41-38(45)36(22-29-10-7-6-8-11-29)42(24-33-34(39)12-9-13-35(33)40)37(44)25-43(31-18-16-30(17-19-31)27(3)4)48(46,47)32-20-14-28(5)15-21-32/h6-21,26-27,36H,22-25H2,1-5H3,(H,41,45). The summed E-state index contributed by atoms with van der Waals surface area (Å²) in [5, 5.41) is 3.64. The van der Waals surface area contributed by atoms with Crippen LogP contribution in [0.5, 0.6) is 0 Å². The van der Waals surface area contributed by atoms with Crippen LogP contribution in [-0.2, 0) is 32.6 Å². The van der Waals surface area contributed by atoms with Crippen molar-refractivity contribution in [3.8, 4) is 0 Å². The Balaban J connectivity index is 1.84. The molecule has 0 saturated heterocycles. The Labute approximate surface area is 294 Å². The quantitative estimate of drug-likeness (QED) is 0.144. The molecule has 1 atom stereocenters. The minimum absolute atomic E-state index is 0.0463. The lowest BCUT2D eigenvalue weighted by molar-refractivity contribution is -0.140. The molecule has 10 heteroatoms. The number of carbonyl (C=O) groups excluding carboxylic acids is 2. The minimum atomic E-state index is -4.21. The zero-order chi connectivity index (χ0) is 35.0. The van der Waals surface area contributed by atoms with Crippen LogP contribution in [0.4, 0.5) is 5.69 Å². The summed E-state index contributed by atoms with van der Waals surface area (Å²) in [5.74, 6) is -0.562. The van der Waals surface area contributed by atoms with E-state index in [1.54, 1.807) is 42.5 Å². The molecule has 0 aliphatic carbocycles. The fourth-order valence-corrected chi connectivity index (χ4v) is 7.15. The number of nitrogens with zero attached hydrogens (tertiary/aromatic N) is 2.